The predicted molar refractivity (Wildman–Crippen MR) is 231 cm³/mol. The number of nitro benzene ring substituents is 1. The van der Waals surface area contributed by atoms with Gasteiger partial charge in [0.15, 0.2) is 11.6 Å². The number of allylic oxidation sites excluding steroid dienone is 2. The van der Waals surface area contributed by atoms with Crippen molar-refractivity contribution in [3.8, 4) is 0 Å². The van der Waals surface area contributed by atoms with Crippen LogP contribution in [-0.2, 0) is 37.5 Å². The van der Waals surface area contributed by atoms with Crippen LogP contribution in [0.4, 0.5) is 11.4 Å². The van der Waals surface area contributed by atoms with Gasteiger partial charge in [-0.3, -0.25) is 33.5 Å². The third-order valence-corrected chi connectivity index (χ3v) is 10.9. The molecular weight excluding hydrogens is 813 g/mol. The molecule has 5 N–H and O–H groups in total. The van der Waals surface area contributed by atoms with Gasteiger partial charge in [-0.15, -0.1) is 0 Å². The summed E-state index contributed by atoms with van der Waals surface area (Å²) in [6, 6.07) is 1.44. The molecular formula is C42H70N5O13P. The number of carboxylic acids is 1. The molecule has 0 fully saturated rings. The van der Waals surface area contributed by atoms with Gasteiger partial charge in [-0.05, 0) is 61.3 Å². The van der Waals surface area contributed by atoms with E-state index in [2.05, 4.69) is 39.2 Å². The van der Waals surface area contributed by atoms with Crippen LogP contribution in [0.3, 0.4) is 0 Å². The van der Waals surface area contributed by atoms with E-state index in [1.54, 1.807) is 6.07 Å². The summed E-state index contributed by atoms with van der Waals surface area (Å²) in [5, 5.41) is 30.7. The quantitative estimate of drug-likeness (QED) is 0.0122. The number of phosphoric ester groups is 1. The number of hydrogen-bond acceptors (Lipinski definition) is 15. The Kier molecular flexibility index (Phi) is 28.5. The van der Waals surface area contributed by atoms with Gasteiger partial charge in [0.05, 0.1) is 23.8 Å². The standard InChI is InChI=1S/C42H70N5O13P/c1-2-3-4-5-6-7-8-9-10-11-12-14-17-20-23-26-38(48)56-31-34(32-57-61(54,55)58-33-35(43)42(50)51)59-39(49)27-24-21-18-15-13-16-19-22-25-30-44-36-28-29-37(47(52)53)41-40(36)45-60-46-41/h9-10,28-29,34-35,44H,2-8,11-27,30-33,43H2,1H3,(H,50,51)(H,54,55)/b10-9-/t34-,35+/m1/s1. The average molecular weight is 884 g/mol. The fourth-order valence-electron chi connectivity index (χ4n) is 6.42. The number of carbonyl (C=O) groups excluding carboxylic acids is 2. The molecule has 0 aliphatic carbocycles. The summed E-state index contributed by atoms with van der Waals surface area (Å²) in [6.45, 7) is 1.11. The normalized spacial score (nSPS) is 13.6. The SMILES string of the molecule is CCCCCCCC/C=C\CCCCCCCC(=O)OC[C@H](COP(=O)(O)OC[C@H](N)C(=O)O)OC(=O)CCCCCCCCCCCNc1ccc([N+](=O)[O-])c2nonc12. The molecule has 2 aromatic rings. The van der Waals surface area contributed by atoms with Crippen LogP contribution in [0.5, 0.6) is 0 Å². The van der Waals surface area contributed by atoms with Crippen LogP contribution in [0.15, 0.2) is 28.9 Å². The van der Waals surface area contributed by atoms with E-state index in [0.717, 1.165) is 89.9 Å². The number of aromatic nitrogens is 2. The number of carboxylic acid groups (broad SMARTS) is 1. The number of rotatable bonds is 39. The van der Waals surface area contributed by atoms with E-state index < -0.39 is 56.0 Å². The maximum absolute atomic E-state index is 12.7. The van der Waals surface area contributed by atoms with E-state index >= 15 is 0 Å². The number of nitrogens with two attached hydrogens (primary N) is 1. The van der Waals surface area contributed by atoms with Gasteiger partial charge in [-0.25, -0.2) is 9.19 Å². The highest BCUT2D eigenvalue weighted by atomic mass is 31.2. The minimum atomic E-state index is -4.76. The fourth-order valence-corrected chi connectivity index (χ4v) is 7.20. The number of aliphatic carboxylic acids is 1. The number of nitrogens with zero attached hydrogens (tertiary/aromatic N) is 3. The number of nitro groups is 1. The molecule has 1 aromatic heterocycles. The largest absolute Gasteiger partial charge is 0.480 e. The number of ether oxygens (including phenoxy) is 2. The van der Waals surface area contributed by atoms with Crippen molar-refractivity contribution in [2.24, 2.45) is 5.73 Å². The first kappa shape index (κ1) is 53.2. The highest BCUT2D eigenvalue weighted by Crippen LogP contribution is 2.43. The van der Waals surface area contributed by atoms with Crippen molar-refractivity contribution in [1.29, 1.82) is 0 Å². The second kappa shape index (κ2) is 32.7. The maximum Gasteiger partial charge on any atom is 0.472 e. The van der Waals surface area contributed by atoms with Crippen molar-refractivity contribution in [3.05, 3.63) is 34.4 Å². The molecule has 61 heavy (non-hydrogen) atoms. The van der Waals surface area contributed by atoms with Crippen LogP contribution in [0.2, 0.25) is 0 Å². The van der Waals surface area contributed by atoms with Crippen LogP contribution in [-0.4, -0.2) is 81.7 Å². The van der Waals surface area contributed by atoms with Crippen LogP contribution in [0.25, 0.3) is 11.0 Å². The third kappa shape index (κ3) is 25.5. The molecule has 0 saturated carbocycles. The lowest BCUT2D eigenvalue weighted by molar-refractivity contribution is -0.383. The van der Waals surface area contributed by atoms with Gasteiger partial charge >= 0.3 is 31.4 Å². The Morgan fingerprint density at radius 3 is 1.90 bits per heavy atom. The Balaban J connectivity index is 1.60. The van der Waals surface area contributed by atoms with Crippen LogP contribution in [0.1, 0.15) is 161 Å². The van der Waals surface area contributed by atoms with Gasteiger partial charge in [0.2, 0.25) is 5.52 Å². The lowest BCUT2D eigenvalue weighted by Crippen LogP contribution is -2.34. The predicted octanol–water partition coefficient (Wildman–Crippen LogP) is 9.48. The third-order valence-electron chi connectivity index (χ3n) is 9.99. The number of esters is 2. The lowest BCUT2D eigenvalue weighted by atomic mass is 10.1. The fraction of sp³-hybridized carbons (Fsp3) is 0.738. The summed E-state index contributed by atoms with van der Waals surface area (Å²) in [5.41, 5.74) is 6.26. The molecule has 1 heterocycles. The molecule has 19 heteroatoms. The van der Waals surface area contributed by atoms with Crippen LogP contribution >= 0.6 is 7.82 Å². The van der Waals surface area contributed by atoms with E-state index in [1.807, 2.05) is 0 Å². The molecule has 1 unspecified atom stereocenters. The summed E-state index contributed by atoms with van der Waals surface area (Å²) in [5.74, 6) is -2.49. The zero-order valence-electron chi connectivity index (χ0n) is 36.0. The van der Waals surface area contributed by atoms with Gasteiger partial charge in [0, 0.05) is 25.5 Å². The summed E-state index contributed by atoms with van der Waals surface area (Å²) < 4.78 is 37.4. The zero-order chi connectivity index (χ0) is 44.6. The molecule has 0 aliphatic heterocycles. The Morgan fingerprint density at radius 1 is 0.787 bits per heavy atom. The zero-order valence-corrected chi connectivity index (χ0v) is 36.9. The minimum absolute atomic E-state index is 0.0958. The van der Waals surface area contributed by atoms with E-state index in [-0.39, 0.29) is 30.7 Å². The summed E-state index contributed by atoms with van der Waals surface area (Å²) >= 11 is 0. The molecule has 0 aliphatic rings. The van der Waals surface area contributed by atoms with Crippen molar-refractivity contribution in [3.63, 3.8) is 0 Å². The van der Waals surface area contributed by atoms with Crippen LogP contribution < -0.4 is 11.1 Å². The molecule has 346 valence electrons. The van der Waals surface area contributed by atoms with Crippen molar-refractivity contribution in [2.45, 2.75) is 173 Å². The Hall–Kier alpha value is -3.96. The monoisotopic (exact) mass is 883 g/mol. The second-order valence-electron chi connectivity index (χ2n) is 15.3. The van der Waals surface area contributed by atoms with E-state index in [1.165, 1.54) is 44.6 Å². The minimum Gasteiger partial charge on any atom is -0.480 e. The molecule has 2 rings (SSSR count). The molecule has 0 radical (unpaired) electrons. The molecule has 0 amide bonds. The van der Waals surface area contributed by atoms with E-state index in [9.17, 15) is 34.0 Å². The number of anilines is 1. The number of unbranched alkanes of at least 4 members (excludes halogenated alkanes) is 19. The number of nitrogens with one attached hydrogen (secondary N) is 1. The molecule has 0 saturated heterocycles. The first-order valence-corrected chi connectivity index (χ1v) is 23.7. The molecule has 0 spiro atoms. The van der Waals surface area contributed by atoms with Crippen molar-refractivity contribution in [1.82, 2.24) is 10.3 Å². The van der Waals surface area contributed by atoms with Gasteiger partial charge < -0.3 is 30.5 Å². The van der Waals surface area contributed by atoms with E-state index in [4.69, 9.17) is 29.5 Å². The van der Waals surface area contributed by atoms with Gasteiger partial charge in [-0.1, -0.05) is 115 Å². The van der Waals surface area contributed by atoms with Crippen molar-refractivity contribution in [2.75, 3.05) is 31.7 Å². The summed E-state index contributed by atoms with van der Waals surface area (Å²) in [6.07, 6.45) is 26.8. The topological polar surface area (TPSA) is 266 Å². The summed E-state index contributed by atoms with van der Waals surface area (Å²) in [7, 11) is -4.76. The Morgan fingerprint density at radius 2 is 1.31 bits per heavy atom. The first-order chi connectivity index (χ1) is 29.4. The molecule has 18 nitrogen and oxygen atoms in total. The van der Waals surface area contributed by atoms with E-state index in [0.29, 0.717) is 30.6 Å². The highest BCUT2D eigenvalue weighted by Gasteiger charge is 2.28. The highest BCUT2D eigenvalue weighted by molar-refractivity contribution is 7.47. The number of fused-ring (bicyclic) bond motifs is 1. The molecule has 3 atom stereocenters. The number of hydrogen-bond donors (Lipinski definition) is 4. The Labute approximate surface area is 359 Å². The first-order valence-electron chi connectivity index (χ1n) is 22.2. The maximum atomic E-state index is 12.7. The lowest BCUT2D eigenvalue weighted by Gasteiger charge is -2.20. The number of phosphoric acid groups is 1. The molecule has 1 aromatic carbocycles. The smallest absolute Gasteiger partial charge is 0.472 e. The van der Waals surface area contributed by atoms with Crippen LogP contribution in [0, 0.1) is 10.1 Å². The number of carbonyl (C=O) groups is 3. The van der Waals surface area contributed by atoms with Gasteiger partial charge in [-0.2, -0.15) is 0 Å². The number of benzene rings is 1. The number of non-ortho nitro benzene ring substituents is 1. The average Bonchev–Trinajstić information content (AvgIpc) is 3.73. The second-order valence-corrected chi connectivity index (χ2v) is 16.8. The van der Waals surface area contributed by atoms with Gasteiger partial charge in [0.25, 0.3) is 0 Å². The Bertz CT molecular complexity index is 1620. The van der Waals surface area contributed by atoms with Crippen molar-refractivity contribution >= 4 is 48.1 Å². The molecule has 0 bridgehead atoms. The summed E-state index contributed by atoms with van der Waals surface area (Å²) in [4.78, 5) is 56.7. The van der Waals surface area contributed by atoms with Crippen molar-refractivity contribution < 1.29 is 57.0 Å². The van der Waals surface area contributed by atoms with Gasteiger partial charge in [0.1, 0.15) is 12.6 Å².